The van der Waals surface area contributed by atoms with Gasteiger partial charge in [-0.2, -0.15) is 0 Å². The maximum Gasteiger partial charge on any atom is 0.0705 e. The van der Waals surface area contributed by atoms with Gasteiger partial charge in [-0.05, 0) is 36.5 Å². The van der Waals surface area contributed by atoms with Crippen molar-refractivity contribution in [2.75, 3.05) is 26.2 Å². The molecule has 2 heterocycles. The van der Waals surface area contributed by atoms with Gasteiger partial charge >= 0.3 is 0 Å². The van der Waals surface area contributed by atoms with Crippen LogP contribution in [0.25, 0.3) is 10.9 Å². The zero-order chi connectivity index (χ0) is 13.4. The molecule has 1 aliphatic heterocycles. The first kappa shape index (κ1) is 17.5. The van der Waals surface area contributed by atoms with Gasteiger partial charge in [-0.25, -0.2) is 0 Å². The van der Waals surface area contributed by atoms with Gasteiger partial charge in [0, 0.05) is 43.8 Å². The van der Waals surface area contributed by atoms with Crippen LogP contribution in [0.2, 0.25) is 0 Å². The molecule has 1 N–H and O–H groups in total. The molecule has 0 radical (unpaired) electrons. The van der Waals surface area contributed by atoms with Gasteiger partial charge in [-0.3, -0.25) is 9.88 Å². The van der Waals surface area contributed by atoms with E-state index in [1.54, 1.807) is 0 Å². The Morgan fingerprint density at radius 2 is 1.77 bits per heavy atom. The van der Waals surface area contributed by atoms with Crippen molar-refractivity contribution in [1.82, 2.24) is 15.2 Å². The fourth-order valence-electron chi connectivity index (χ4n) is 3.50. The molecule has 0 unspecified atom stereocenters. The summed E-state index contributed by atoms with van der Waals surface area (Å²) in [6.45, 7) is 4.56. The van der Waals surface area contributed by atoms with Crippen molar-refractivity contribution < 1.29 is 0 Å². The van der Waals surface area contributed by atoms with Crippen LogP contribution in [0.3, 0.4) is 0 Å². The summed E-state index contributed by atoms with van der Waals surface area (Å²) in [7, 11) is 0. The number of halogens is 2. The van der Waals surface area contributed by atoms with Crippen LogP contribution in [0, 0.1) is 5.92 Å². The van der Waals surface area contributed by atoms with Gasteiger partial charge in [0.05, 0.1) is 5.52 Å². The summed E-state index contributed by atoms with van der Waals surface area (Å²) in [5.41, 5.74) is 2.62. The van der Waals surface area contributed by atoms with E-state index in [0.29, 0.717) is 6.04 Å². The highest BCUT2D eigenvalue weighted by Crippen LogP contribution is 2.46. The molecular formula is C17H23Cl2N3. The van der Waals surface area contributed by atoms with Crippen molar-refractivity contribution in [2.24, 2.45) is 5.92 Å². The van der Waals surface area contributed by atoms with Crippen molar-refractivity contribution >= 4 is 35.7 Å². The predicted molar refractivity (Wildman–Crippen MR) is 96.1 cm³/mol. The maximum atomic E-state index is 4.52. The van der Waals surface area contributed by atoms with Crippen molar-refractivity contribution in [3.8, 4) is 0 Å². The lowest BCUT2D eigenvalue weighted by molar-refractivity contribution is 0.157. The molecule has 2 fully saturated rings. The monoisotopic (exact) mass is 339 g/mol. The Balaban J connectivity index is 0.000000882. The second-order valence-electron chi connectivity index (χ2n) is 5.99. The van der Waals surface area contributed by atoms with Gasteiger partial charge < -0.3 is 5.32 Å². The summed E-state index contributed by atoms with van der Waals surface area (Å²) in [4.78, 5) is 7.19. The molecule has 2 aromatic rings. The molecule has 1 saturated carbocycles. The number of rotatable bonds is 3. The predicted octanol–water partition coefficient (Wildman–Crippen LogP) is 3.43. The smallest absolute Gasteiger partial charge is 0.0705 e. The fraction of sp³-hybridized carbons (Fsp3) is 0.471. The molecule has 3 nitrogen and oxygen atoms in total. The van der Waals surface area contributed by atoms with E-state index in [1.807, 2.05) is 6.20 Å². The lowest BCUT2D eigenvalue weighted by atomic mass is 9.96. The van der Waals surface area contributed by atoms with E-state index in [0.717, 1.165) is 37.6 Å². The quantitative estimate of drug-likeness (QED) is 0.928. The van der Waals surface area contributed by atoms with E-state index < -0.39 is 0 Å². The Bertz CT molecular complexity index is 604. The highest BCUT2D eigenvalue weighted by molar-refractivity contribution is 5.85. The number of para-hydroxylation sites is 1. The van der Waals surface area contributed by atoms with E-state index in [-0.39, 0.29) is 24.8 Å². The molecule has 1 aromatic heterocycles. The first-order valence-electron chi connectivity index (χ1n) is 7.72. The van der Waals surface area contributed by atoms with Crippen molar-refractivity contribution in [3.05, 3.63) is 42.1 Å². The minimum absolute atomic E-state index is 0. The Morgan fingerprint density at radius 3 is 2.50 bits per heavy atom. The standard InChI is InChI=1S/C17H21N3.2ClH/c1-2-4-16-14(3-1)15(7-8-19-16)17(13-5-6-13)20-11-9-18-10-12-20;;/h1-4,7-8,13,17-18H,5-6,9-12H2;2*1H/t17-;;/m1../s1. The van der Waals surface area contributed by atoms with Crippen molar-refractivity contribution in [3.63, 3.8) is 0 Å². The zero-order valence-electron chi connectivity index (χ0n) is 12.6. The van der Waals surface area contributed by atoms with Crippen LogP contribution in [-0.4, -0.2) is 36.1 Å². The average molecular weight is 340 g/mol. The van der Waals surface area contributed by atoms with Crippen LogP contribution in [0.15, 0.2) is 36.5 Å². The van der Waals surface area contributed by atoms with Crippen LogP contribution < -0.4 is 5.32 Å². The molecule has 5 heteroatoms. The van der Waals surface area contributed by atoms with E-state index in [4.69, 9.17) is 0 Å². The molecule has 4 rings (SSSR count). The number of nitrogens with zero attached hydrogens (tertiary/aromatic N) is 2. The van der Waals surface area contributed by atoms with Gasteiger partial charge in [0.2, 0.25) is 0 Å². The Kier molecular flexibility index (Phi) is 6.04. The largest absolute Gasteiger partial charge is 0.314 e. The first-order valence-corrected chi connectivity index (χ1v) is 7.72. The third-order valence-corrected chi connectivity index (χ3v) is 4.61. The number of hydrogen-bond donors (Lipinski definition) is 1. The van der Waals surface area contributed by atoms with Gasteiger partial charge in [0.15, 0.2) is 0 Å². The van der Waals surface area contributed by atoms with Crippen molar-refractivity contribution in [2.45, 2.75) is 18.9 Å². The molecule has 1 aromatic carbocycles. The summed E-state index contributed by atoms with van der Waals surface area (Å²) in [5, 5.41) is 4.80. The molecule has 120 valence electrons. The molecule has 22 heavy (non-hydrogen) atoms. The first-order chi connectivity index (χ1) is 9.93. The number of hydrogen-bond acceptors (Lipinski definition) is 3. The number of aromatic nitrogens is 1. The lowest BCUT2D eigenvalue weighted by Crippen LogP contribution is -2.45. The number of piperazine rings is 1. The lowest BCUT2D eigenvalue weighted by Gasteiger charge is -2.36. The second-order valence-corrected chi connectivity index (χ2v) is 5.99. The van der Waals surface area contributed by atoms with E-state index in [2.05, 4.69) is 45.5 Å². The molecule has 1 atom stereocenters. The van der Waals surface area contributed by atoms with E-state index in [9.17, 15) is 0 Å². The van der Waals surface area contributed by atoms with Gasteiger partial charge in [-0.15, -0.1) is 24.8 Å². The number of benzene rings is 1. The maximum absolute atomic E-state index is 4.52. The van der Waals surface area contributed by atoms with Crippen LogP contribution in [-0.2, 0) is 0 Å². The summed E-state index contributed by atoms with van der Waals surface area (Å²) >= 11 is 0. The van der Waals surface area contributed by atoms with Crippen LogP contribution >= 0.6 is 24.8 Å². The molecule has 1 aliphatic carbocycles. The number of pyridine rings is 1. The summed E-state index contributed by atoms with van der Waals surface area (Å²) < 4.78 is 0. The highest BCUT2D eigenvalue weighted by atomic mass is 35.5. The summed E-state index contributed by atoms with van der Waals surface area (Å²) in [5.74, 6) is 0.846. The molecular weight excluding hydrogens is 317 g/mol. The third-order valence-electron chi connectivity index (χ3n) is 4.61. The topological polar surface area (TPSA) is 28.2 Å². The van der Waals surface area contributed by atoms with Gasteiger partial charge in [0.25, 0.3) is 0 Å². The minimum Gasteiger partial charge on any atom is -0.314 e. The molecule has 0 spiro atoms. The normalized spacial score (nSPS) is 20.0. The molecule has 1 saturated heterocycles. The van der Waals surface area contributed by atoms with Crippen LogP contribution in [0.4, 0.5) is 0 Å². The van der Waals surface area contributed by atoms with Crippen LogP contribution in [0.1, 0.15) is 24.4 Å². The van der Waals surface area contributed by atoms with E-state index in [1.165, 1.54) is 23.8 Å². The molecule has 0 bridgehead atoms. The van der Waals surface area contributed by atoms with Gasteiger partial charge in [-0.1, -0.05) is 18.2 Å². The van der Waals surface area contributed by atoms with Crippen molar-refractivity contribution in [1.29, 1.82) is 0 Å². The third kappa shape index (κ3) is 3.38. The summed E-state index contributed by atoms with van der Waals surface area (Å²) in [6, 6.07) is 11.4. The molecule has 2 aliphatic rings. The SMILES string of the molecule is Cl.Cl.c1ccc2c([C@@H](C3CC3)N3CCNCC3)ccnc2c1. The Labute approximate surface area is 144 Å². The summed E-state index contributed by atoms with van der Waals surface area (Å²) in [6.07, 6.45) is 4.74. The molecule has 0 amide bonds. The van der Waals surface area contributed by atoms with Crippen LogP contribution in [0.5, 0.6) is 0 Å². The van der Waals surface area contributed by atoms with E-state index >= 15 is 0 Å². The Hall–Kier alpha value is -0.870. The van der Waals surface area contributed by atoms with Gasteiger partial charge in [0.1, 0.15) is 0 Å². The average Bonchev–Trinajstić information content (AvgIpc) is 3.34. The fourth-order valence-corrected chi connectivity index (χ4v) is 3.50. The Morgan fingerprint density at radius 1 is 1.05 bits per heavy atom. The number of fused-ring (bicyclic) bond motifs is 1. The minimum atomic E-state index is 0. The highest BCUT2D eigenvalue weighted by Gasteiger charge is 2.37. The zero-order valence-corrected chi connectivity index (χ0v) is 14.2. The second kappa shape index (κ2) is 7.60. The number of nitrogens with one attached hydrogen (secondary N) is 1.